The Morgan fingerprint density at radius 2 is 2.00 bits per heavy atom. The van der Waals surface area contributed by atoms with Gasteiger partial charge in [0.25, 0.3) is 11.6 Å². The van der Waals surface area contributed by atoms with E-state index >= 15 is 0 Å². The molecule has 0 spiro atoms. The molecule has 0 aliphatic heterocycles. The third-order valence-corrected chi connectivity index (χ3v) is 3.71. The first-order valence-corrected chi connectivity index (χ1v) is 8.77. The first kappa shape index (κ1) is 20.3. The van der Waals surface area contributed by atoms with Crippen molar-refractivity contribution in [1.29, 1.82) is 0 Å². The van der Waals surface area contributed by atoms with Crippen LogP contribution in [0.2, 0.25) is 0 Å². The lowest BCUT2D eigenvalue weighted by Crippen LogP contribution is -2.34. The first-order valence-electron chi connectivity index (χ1n) is 8.36. The number of hydrogen-bond donors (Lipinski definition) is 2. The zero-order valence-electron chi connectivity index (χ0n) is 15.3. The van der Waals surface area contributed by atoms with Crippen LogP contribution in [0.15, 0.2) is 42.5 Å². The summed E-state index contributed by atoms with van der Waals surface area (Å²) in [4.78, 5) is 23.0. The van der Waals surface area contributed by atoms with Crippen molar-refractivity contribution >= 4 is 34.6 Å². The van der Waals surface area contributed by atoms with Crippen molar-refractivity contribution in [2.75, 3.05) is 11.9 Å². The molecular formula is C19H21N3O4S. The van der Waals surface area contributed by atoms with Gasteiger partial charge in [-0.2, -0.15) is 0 Å². The smallest absolute Gasteiger partial charge is 0.292 e. The van der Waals surface area contributed by atoms with Gasteiger partial charge in [-0.3, -0.25) is 20.2 Å². The summed E-state index contributed by atoms with van der Waals surface area (Å²) in [5, 5.41) is 16.4. The highest BCUT2D eigenvalue weighted by Crippen LogP contribution is 2.25. The van der Waals surface area contributed by atoms with Crippen LogP contribution in [0.4, 0.5) is 11.4 Å². The number of aryl methyl sites for hydroxylation is 1. The number of nitrogens with zero attached hydrogens (tertiary/aromatic N) is 1. The van der Waals surface area contributed by atoms with Gasteiger partial charge in [0.1, 0.15) is 11.4 Å². The fourth-order valence-electron chi connectivity index (χ4n) is 2.22. The van der Waals surface area contributed by atoms with Gasteiger partial charge >= 0.3 is 0 Å². The van der Waals surface area contributed by atoms with E-state index in [2.05, 4.69) is 10.6 Å². The zero-order chi connectivity index (χ0) is 20.0. The molecule has 27 heavy (non-hydrogen) atoms. The first-order chi connectivity index (χ1) is 12.8. The molecule has 0 atom stereocenters. The predicted octanol–water partition coefficient (Wildman–Crippen LogP) is 4.06. The van der Waals surface area contributed by atoms with Crippen LogP contribution in [0.1, 0.15) is 29.8 Å². The second-order valence-corrected chi connectivity index (χ2v) is 6.83. The van der Waals surface area contributed by atoms with Gasteiger partial charge in [-0.25, -0.2) is 0 Å². The predicted molar refractivity (Wildman–Crippen MR) is 108 cm³/mol. The molecule has 0 bridgehead atoms. The van der Waals surface area contributed by atoms with Crippen molar-refractivity contribution in [2.45, 2.75) is 20.8 Å². The molecule has 0 aliphatic rings. The lowest BCUT2D eigenvalue weighted by molar-refractivity contribution is -0.383. The number of hydrogen-bond acceptors (Lipinski definition) is 5. The number of rotatable bonds is 6. The topological polar surface area (TPSA) is 93.5 Å². The number of nitro benzene ring substituents is 1. The molecule has 7 nitrogen and oxygen atoms in total. The average molecular weight is 387 g/mol. The minimum absolute atomic E-state index is 0.0274. The minimum Gasteiger partial charge on any atom is -0.493 e. The summed E-state index contributed by atoms with van der Waals surface area (Å²) in [6.45, 7) is 6.36. The van der Waals surface area contributed by atoms with Crippen LogP contribution in [-0.2, 0) is 0 Å². The Morgan fingerprint density at radius 1 is 1.26 bits per heavy atom. The number of thiocarbonyl (C=S) groups is 1. The number of ether oxygens (including phenoxy) is 1. The van der Waals surface area contributed by atoms with Crippen molar-refractivity contribution in [2.24, 2.45) is 5.92 Å². The van der Waals surface area contributed by atoms with E-state index in [0.29, 0.717) is 23.8 Å². The number of nitrogens with one attached hydrogen (secondary N) is 2. The number of carbonyl (C=O) groups is 1. The van der Waals surface area contributed by atoms with E-state index in [0.717, 1.165) is 5.56 Å². The van der Waals surface area contributed by atoms with Crippen LogP contribution < -0.4 is 15.4 Å². The van der Waals surface area contributed by atoms with E-state index in [1.807, 2.05) is 13.8 Å². The summed E-state index contributed by atoms with van der Waals surface area (Å²) >= 11 is 5.11. The molecule has 2 N–H and O–H groups in total. The lowest BCUT2D eigenvalue weighted by Gasteiger charge is -2.12. The molecule has 0 unspecified atom stereocenters. The monoisotopic (exact) mass is 387 g/mol. The Labute approximate surface area is 162 Å². The van der Waals surface area contributed by atoms with E-state index in [-0.39, 0.29) is 16.5 Å². The molecule has 0 saturated carbocycles. The van der Waals surface area contributed by atoms with Crippen molar-refractivity contribution in [3.8, 4) is 5.75 Å². The fraction of sp³-hybridized carbons (Fsp3) is 0.263. The minimum atomic E-state index is -0.505. The molecule has 8 heteroatoms. The van der Waals surface area contributed by atoms with Gasteiger partial charge in [-0.15, -0.1) is 0 Å². The third kappa shape index (κ3) is 6.03. The highest BCUT2D eigenvalue weighted by atomic mass is 32.1. The molecule has 0 heterocycles. The van der Waals surface area contributed by atoms with Crippen LogP contribution in [0, 0.1) is 23.0 Å². The molecular weight excluding hydrogens is 366 g/mol. The van der Waals surface area contributed by atoms with Gasteiger partial charge in [0.15, 0.2) is 5.11 Å². The summed E-state index contributed by atoms with van der Waals surface area (Å²) in [6, 6.07) is 11.4. The Hall–Kier alpha value is -3.00. The van der Waals surface area contributed by atoms with Gasteiger partial charge in [-0.1, -0.05) is 26.0 Å². The number of nitro groups is 1. The summed E-state index contributed by atoms with van der Waals surface area (Å²) in [6.07, 6.45) is 0. The summed E-state index contributed by atoms with van der Waals surface area (Å²) < 4.78 is 5.61. The van der Waals surface area contributed by atoms with Gasteiger partial charge in [0.05, 0.1) is 11.5 Å². The number of carbonyl (C=O) groups excluding carboxylic acids is 1. The Balaban J connectivity index is 2.05. The maximum Gasteiger partial charge on any atom is 0.292 e. The van der Waals surface area contributed by atoms with E-state index < -0.39 is 10.8 Å². The van der Waals surface area contributed by atoms with Crippen LogP contribution in [0.5, 0.6) is 5.75 Å². The number of benzene rings is 2. The van der Waals surface area contributed by atoms with Crippen LogP contribution >= 0.6 is 12.2 Å². The van der Waals surface area contributed by atoms with Gasteiger partial charge < -0.3 is 10.1 Å². The second kappa shape index (κ2) is 9.09. The second-order valence-electron chi connectivity index (χ2n) is 6.42. The van der Waals surface area contributed by atoms with Crippen molar-refractivity contribution in [1.82, 2.24) is 5.32 Å². The molecule has 0 saturated heterocycles. The fourth-order valence-corrected chi connectivity index (χ4v) is 2.42. The van der Waals surface area contributed by atoms with Crippen molar-refractivity contribution in [3.63, 3.8) is 0 Å². The summed E-state index contributed by atoms with van der Waals surface area (Å²) in [5.41, 5.74) is 1.22. The molecule has 0 fully saturated rings. The summed E-state index contributed by atoms with van der Waals surface area (Å²) in [5.74, 6) is 0.520. The highest BCUT2D eigenvalue weighted by molar-refractivity contribution is 7.80. The molecule has 0 aromatic heterocycles. The molecule has 2 rings (SSSR count). The van der Waals surface area contributed by atoms with Crippen molar-refractivity contribution in [3.05, 3.63) is 63.7 Å². The average Bonchev–Trinajstić information content (AvgIpc) is 2.61. The quantitative estimate of drug-likeness (QED) is 0.441. The largest absolute Gasteiger partial charge is 0.493 e. The molecule has 2 aromatic carbocycles. The van der Waals surface area contributed by atoms with Crippen LogP contribution in [0.25, 0.3) is 0 Å². The Bertz CT molecular complexity index is 868. The van der Waals surface area contributed by atoms with Gasteiger partial charge in [0.2, 0.25) is 0 Å². The van der Waals surface area contributed by atoms with E-state index in [1.165, 1.54) is 6.07 Å². The van der Waals surface area contributed by atoms with Gasteiger partial charge in [0, 0.05) is 11.6 Å². The van der Waals surface area contributed by atoms with Crippen LogP contribution in [0.3, 0.4) is 0 Å². The molecule has 0 aliphatic carbocycles. The Morgan fingerprint density at radius 3 is 2.67 bits per heavy atom. The maximum atomic E-state index is 12.4. The standard InChI is InChI=1S/C19H21N3O4S/c1-12(2)11-26-15-6-4-5-14(10-15)18(23)21-19(27)20-16-8-7-13(3)9-17(16)22(24)25/h4-10,12H,11H2,1-3H3,(H2,20,21,23,27). The molecule has 1 amide bonds. The zero-order valence-corrected chi connectivity index (χ0v) is 16.1. The van der Waals surface area contributed by atoms with E-state index in [4.69, 9.17) is 17.0 Å². The number of amides is 1. The molecule has 2 aromatic rings. The van der Waals surface area contributed by atoms with Gasteiger partial charge in [-0.05, 0) is 54.9 Å². The van der Waals surface area contributed by atoms with Crippen LogP contribution in [-0.4, -0.2) is 22.5 Å². The van der Waals surface area contributed by atoms with Crippen molar-refractivity contribution < 1.29 is 14.5 Å². The normalized spacial score (nSPS) is 10.4. The maximum absolute atomic E-state index is 12.4. The summed E-state index contributed by atoms with van der Waals surface area (Å²) in [7, 11) is 0. The van der Waals surface area contributed by atoms with E-state index in [1.54, 1.807) is 43.3 Å². The number of anilines is 1. The molecule has 0 radical (unpaired) electrons. The molecule has 142 valence electrons. The third-order valence-electron chi connectivity index (χ3n) is 3.50. The highest BCUT2D eigenvalue weighted by Gasteiger charge is 2.16. The van der Waals surface area contributed by atoms with E-state index in [9.17, 15) is 14.9 Å². The lowest BCUT2D eigenvalue weighted by atomic mass is 10.2. The Kier molecular flexibility index (Phi) is 6.84. The SMILES string of the molecule is Cc1ccc(NC(=S)NC(=O)c2cccc(OCC(C)C)c2)c([N+](=O)[O-])c1.